The van der Waals surface area contributed by atoms with Crippen LogP contribution in [0.4, 0.5) is 0 Å². The van der Waals surface area contributed by atoms with E-state index in [9.17, 15) is 5.11 Å². The lowest BCUT2D eigenvalue weighted by Gasteiger charge is -2.25. The summed E-state index contributed by atoms with van der Waals surface area (Å²) in [5.74, 6) is 2.36. The standard InChI is InChI=1S/C15H21ClN6OS/c1-9-19-14-10(4-3-7-22(14)21-9)20-15(17-2)18-8-11(23)12-5-6-13(16)24-12/h5-6,10-11,23H,3-4,7-8H2,1-2H3,(H2,17,18,20). The molecule has 0 spiro atoms. The molecule has 2 atom stereocenters. The first-order valence-electron chi connectivity index (χ1n) is 7.88. The summed E-state index contributed by atoms with van der Waals surface area (Å²) < 4.78 is 2.62. The molecule has 7 nitrogen and oxygen atoms in total. The third kappa shape index (κ3) is 3.88. The number of halogens is 1. The Morgan fingerprint density at radius 3 is 3.12 bits per heavy atom. The number of rotatable bonds is 4. The smallest absolute Gasteiger partial charge is 0.191 e. The van der Waals surface area contributed by atoms with Crippen LogP contribution in [-0.4, -0.2) is 39.4 Å². The van der Waals surface area contributed by atoms with Crippen LogP contribution in [0.2, 0.25) is 4.34 Å². The SMILES string of the molecule is CN=C(NCC(O)c1ccc(Cl)s1)NC1CCCn2nc(C)nc21. The van der Waals surface area contributed by atoms with Gasteiger partial charge in [-0.2, -0.15) is 5.10 Å². The van der Waals surface area contributed by atoms with Crippen LogP contribution in [0.3, 0.4) is 0 Å². The maximum atomic E-state index is 10.2. The Kier molecular flexibility index (Phi) is 5.37. The Bertz CT molecular complexity index is 727. The molecule has 2 aromatic heterocycles. The van der Waals surface area contributed by atoms with E-state index in [-0.39, 0.29) is 6.04 Å². The van der Waals surface area contributed by atoms with Gasteiger partial charge in [0.2, 0.25) is 0 Å². The maximum Gasteiger partial charge on any atom is 0.191 e. The number of aryl methyl sites for hydroxylation is 2. The van der Waals surface area contributed by atoms with Crippen molar-refractivity contribution in [3.05, 3.63) is 33.0 Å². The number of guanidine groups is 1. The second-order valence-corrected chi connectivity index (χ2v) is 7.44. The molecule has 24 heavy (non-hydrogen) atoms. The van der Waals surface area contributed by atoms with Crippen molar-refractivity contribution >= 4 is 28.9 Å². The van der Waals surface area contributed by atoms with E-state index >= 15 is 0 Å². The van der Waals surface area contributed by atoms with E-state index in [4.69, 9.17) is 11.6 Å². The van der Waals surface area contributed by atoms with Crippen molar-refractivity contribution in [3.8, 4) is 0 Å². The van der Waals surface area contributed by atoms with Gasteiger partial charge in [0.25, 0.3) is 0 Å². The van der Waals surface area contributed by atoms with E-state index in [0.717, 1.165) is 35.9 Å². The molecule has 0 radical (unpaired) electrons. The molecule has 0 aromatic carbocycles. The summed E-state index contributed by atoms with van der Waals surface area (Å²) in [7, 11) is 1.71. The van der Waals surface area contributed by atoms with Gasteiger partial charge in [0.1, 0.15) is 17.8 Å². The van der Waals surface area contributed by atoms with Crippen molar-refractivity contribution < 1.29 is 5.11 Å². The average molecular weight is 369 g/mol. The highest BCUT2D eigenvalue weighted by Gasteiger charge is 2.24. The van der Waals surface area contributed by atoms with Crippen LogP contribution in [0.1, 0.15) is 41.5 Å². The van der Waals surface area contributed by atoms with Crippen molar-refractivity contribution in [1.82, 2.24) is 25.4 Å². The lowest BCUT2D eigenvalue weighted by Crippen LogP contribution is -2.42. The normalized spacial score (nSPS) is 19.0. The molecule has 0 saturated carbocycles. The molecule has 0 saturated heterocycles. The molecular weight excluding hydrogens is 348 g/mol. The summed E-state index contributed by atoms with van der Waals surface area (Å²) in [5, 5.41) is 21.2. The summed E-state index contributed by atoms with van der Waals surface area (Å²) in [6, 6.07) is 3.69. The summed E-state index contributed by atoms with van der Waals surface area (Å²) in [6.45, 7) is 3.16. The molecule has 3 N–H and O–H groups in total. The number of aliphatic hydroxyl groups is 1. The zero-order chi connectivity index (χ0) is 17.1. The molecule has 3 heterocycles. The Hall–Kier alpha value is -1.64. The van der Waals surface area contributed by atoms with Gasteiger partial charge in [-0.3, -0.25) is 4.99 Å². The fourth-order valence-corrected chi connectivity index (χ4v) is 3.81. The van der Waals surface area contributed by atoms with Crippen LogP contribution in [0.15, 0.2) is 17.1 Å². The summed E-state index contributed by atoms with van der Waals surface area (Å²) in [5.41, 5.74) is 0. The van der Waals surface area contributed by atoms with E-state index in [0.29, 0.717) is 16.8 Å². The van der Waals surface area contributed by atoms with Crippen LogP contribution in [0.25, 0.3) is 0 Å². The van der Waals surface area contributed by atoms with E-state index < -0.39 is 6.10 Å². The zero-order valence-corrected chi connectivity index (χ0v) is 15.2. The lowest BCUT2D eigenvalue weighted by molar-refractivity contribution is 0.184. The Morgan fingerprint density at radius 1 is 1.58 bits per heavy atom. The molecular formula is C15H21ClN6OS. The molecule has 1 aliphatic rings. The molecule has 0 aliphatic carbocycles. The van der Waals surface area contributed by atoms with Gasteiger partial charge >= 0.3 is 0 Å². The number of aromatic nitrogens is 3. The number of aliphatic imine (C=N–C) groups is 1. The van der Waals surface area contributed by atoms with Crippen LogP contribution in [-0.2, 0) is 6.54 Å². The van der Waals surface area contributed by atoms with Gasteiger partial charge in [-0.1, -0.05) is 11.6 Å². The van der Waals surface area contributed by atoms with Crippen LogP contribution < -0.4 is 10.6 Å². The first-order chi connectivity index (χ1) is 11.6. The number of aliphatic hydroxyl groups excluding tert-OH is 1. The molecule has 2 aromatic rings. The Balaban J connectivity index is 1.60. The first kappa shape index (κ1) is 17.2. The number of thiophene rings is 1. The van der Waals surface area contributed by atoms with Crippen LogP contribution in [0, 0.1) is 6.92 Å². The second-order valence-electron chi connectivity index (χ2n) is 5.69. The minimum absolute atomic E-state index is 0.0690. The number of nitrogens with zero attached hydrogens (tertiary/aromatic N) is 4. The molecule has 3 rings (SSSR count). The third-order valence-electron chi connectivity index (χ3n) is 3.90. The Labute approximate surface area is 149 Å². The van der Waals surface area contributed by atoms with E-state index in [1.807, 2.05) is 17.7 Å². The lowest BCUT2D eigenvalue weighted by atomic mass is 10.1. The fourth-order valence-electron chi connectivity index (χ4n) is 2.77. The molecule has 9 heteroatoms. The predicted octanol–water partition coefficient (Wildman–Crippen LogP) is 2.03. The van der Waals surface area contributed by atoms with Gasteiger partial charge in [-0.15, -0.1) is 11.3 Å². The second kappa shape index (κ2) is 7.50. The van der Waals surface area contributed by atoms with Crippen molar-refractivity contribution in [2.24, 2.45) is 4.99 Å². The molecule has 130 valence electrons. The minimum Gasteiger partial charge on any atom is -0.386 e. The van der Waals surface area contributed by atoms with Gasteiger partial charge in [-0.05, 0) is 31.9 Å². The third-order valence-corrected chi connectivity index (χ3v) is 5.23. The monoisotopic (exact) mass is 368 g/mol. The van der Waals surface area contributed by atoms with Gasteiger partial charge in [0.15, 0.2) is 5.96 Å². The van der Waals surface area contributed by atoms with Crippen molar-refractivity contribution in [2.45, 2.75) is 38.5 Å². The summed E-state index contributed by atoms with van der Waals surface area (Å²) in [6.07, 6.45) is 1.39. The highest BCUT2D eigenvalue weighted by atomic mass is 35.5. The number of fused-ring (bicyclic) bond motifs is 1. The van der Waals surface area contributed by atoms with E-state index in [2.05, 4.69) is 25.7 Å². The largest absolute Gasteiger partial charge is 0.386 e. The predicted molar refractivity (Wildman–Crippen MR) is 95.5 cm³/mol. The topological polar surface area (TPSA) is 87.4 Å². The van der Waals surface area contributed by atoms with Gasteiger partial charge < -0.3 is 15.7 Å². The average Bonchev–Trinajstić information content (AvgIpc) is 3.16. The van der Waals surface area contributed by atoms with Crippen LogP contribution in [0.5, 0.6) is 0 Å². The van der Waals surface area contributed by atoms with E-state index in [1.165, 1.54) is 11.3 Å². The first-order valence-corrected chi connectivity index (χ1v) is 9.08. The molecule has 0 amide bonds. The maximum absolute atomic E-state index is 10.2. The highest BCUT2D eigenvalue weighted by Crippen LogP contribution is 2.26. The summed E-state index contributed by atoms with van der Waals surface area (Å²) in [4.78, 5) is 9.58. The molecule has 0 fully saturated rings. The van der Waals surface area contributed by atoms with Crippen molar-refractivity contribution in [3.63, 3.8) is 0 Å². The number of hydrogen-bond donors (Lipinski definition) is 3. The minimum atomic E-state index is -0.627. The number of hydrogen-bond acceptors (Lipinski definition) is 5. The van der Waals surface area contributed by atoms with Crippen molar-refractivity contribution in [1.29, 1.82) is 0 Å². The summed E-state index contributed by atoms with van der Waals surface area (Å²) >= 11 is 7.29. The quantitative estimate of drug-likeness (QED) is 0.567. The van der Waals surface area contributed by atoms with Gasteiger partial charge in [0, 0.05) is 25.0 Å². The highest BCUT2D eigenvalue weighted by molar-refractivity contribution is 7.16. The van der Waals surface area contributed by atoms with Crippen LogP contribution >= 0.6 is 22.9 Å². The van der Waals surface area contributed by atoms with Gasteiger partial charge in [-0.25, -0.2) is 9.67 Å². The fraction of sp³-hybridized carbons (Fsp3) is 0.533. The number of nitrogens with one attached hydrogen (secondary N) is 2. The molecule has 0 bridgehead atoms. The zero-order valence-electron chi connectivity index (χ0n) is 13.7. The molecule has 2 unspecified atom stereocenters. The van der Waals surface area contributed by atoms with E-state index in [1.54, 1.807) is 13.1 Å². The Morgan fingerprint density at radius 2 is 2.42 bits per heavy atom. The van der Waals surface area contributed by atoms with Gasteiger partial charge in [0.05, 0.1) is 10.4 Å². The van der Waals surface area contributed by atoms with Crippen molar-refractivity contribution in [2.75, 3.05) is 13.6 Å². The molecule has 1 aliphatic heterocycles.